The highest BCUT2D eigenvalue weighted by Gasteiger charge is 2.35. The number of benzene rings is 1. The van der Waals surface area contributed by atoms with Gasteiger partial charge >= 0.3 is 6.09 Å². The minimum Gasteiger partial charge on any atom is -0.444 e. The maximum Gasteiger partial charge on any atom is 0.408 e. The smallest absolute Gasteiger partial charge is 0.408 e. The van der Waals surface area contributed by atoms with E-state index in [0.717, 1.165) is 56.9 Å². The molecular formula is C30H49N3O4S. The van der Waals surface area contributed by atoms with E-state index in [0.29, 0.717) is 18.7 Å². The first kappa shape index (κ1) is 33.5. The van der Waals surface area contributed by atoms with Crippen molar-refractivity contribution < 1.29 is 19.1 Å². The van der Waals surface area contributed by atoms with E-state index in [2.05, 4.69) is 43.7 Å². The summed E-state index contributed by atoms with van der Waals surface area (Å²) in [6, 6.07) is 5.72. The van der Waals surface area contributed by atoms with E-state index in [1.165, 1.54) is 0 Å². The van der Waals surface area contributed by atoms with Crippen LogP contribution in [-0.2, 0) is 14.3 Å². The Kier molecular flexibility index (Phi) is 15.8. The Morgan fingerprint density at radius 2 is 1.71 bits per heavy atom. The highest BCUT2D eigenvalue weighted by molar-refractivity contribution is 7.80. The summed E-state index contributed by atoms with van der Waals surface area (Å²) in [7, 11) is 0. The third-order valence-electron chi connectivity index (χ3n) is 6.06. The minimum absolute atomic E-state index is 0.0714. The molecule has 8 heteroatoms. The topological polar surface area (TPSA) is 87.7 Å². The summed E-state index contributed by atoms with van der Waals surface area (Å²) >= 11 is 4.36. The minimum atomic E-state index is -0.943. The van der Waals surface area contributed by atoms with Crippen LogP contribution in [0.3, 0.4) is 0 Å². The standard InChI is InChI=1S/C30H49N3O4S/c1-7-10-12-13-15-20-33(28(35)25(22-38)32-29(36)37-30(4,5)6)26(27(34)31-19-14-11-8-2)24-18-16-17-23(9-3)21-24/h9,16-18,21,25-26,38H,3,7-8,10-15,19-20,22H2,1-2,4-6H3,(H,31,34)(H,32,36). The zero-order valence-electron chi connectivity index (χ0n) is 24.1. The van der Waals surface area contributed by atoms with E-state index in [4.69, 9.17) is 4.74 Å². The average Bonchev–Trinajstić information content (AvgIpc) is 2.87. The van der Waals surface area contributed by atoms with Crippen LogP contribution in [0.15, 0.2) is 30.8 Å². The van der Waals surface area contributed by atoms with Crippen molar-refractivity contribution in [3.63, 3.8) is 0 Å². The lowest BCUT2D eigenvalue weighted by Crippen LogP contribution is -2.54. The molecular weight excluding hydrogens is 498 g/mol. The number of carbonyl (C=O) groups is 3. The lowest BCUT2D eigenvalue weighted by Gasteiger charge is -2.34. The van der Waals surface area contributed by atoms with Crippen molar-refractivity contribution in [3.8, 4) is 0 Å². The monoisotopic (exact) mass is 547 g/mol. The van der Waals surface area contributed by atoms with Crippen LogP contribution >= 0.6 is 12.6 Å². The molecule has 0 saturated heterocycles. The number of nitrogens with one attached hydrogen (secondary N) is 2. The third-order valence-corrected chi connectivity index (χ3v) is 6.42. The highest BCUT2D eigenvalue weighted by atomic mass is 32.1. The van der Waals surface area contributed by atoms with Crippen LogP contribution in [0.25, 0.3) is 6.08 Å². The summed E-state index contributed by atoms with van der Waals surface area (Å²) in [4.78, 5) is 41.7. The fourth-order valence-electron chi connectivity index (χ4n) is 4.10. The molecule has 2 atom stereocenters. The van der Waals surface area contributed by atoms with E-state index < -0.39 is 23.8 Å². The molecule has 2 N–H and O–H groups in total. The molecule has 214 valence electrons. The summed E-state index contributed by atoms with van der Waals surface area (Å²) in [5.41, 5.74) is 0.853. The number of unbranched alkanes of at least 4 members (excludes halogenated alkanes) is 6. The summed E-state index contributed by atoms with van der Waals surface area (Å²) in [6.45, 7) is 14.3. The maximum absolute atomic E-state index is 14.0. The van der Waals surface area contributed by atoms with E-state index in [-0.39, 0.29) is 17.6 Å². The molecule has 1 aromatic carbocycles. The molecule has 0 fully saturated rings. The lowest BCUT2D eigenvalue weighted by atomic mass is 9.99. The molecule has 7 nitrogen and oxygen atoms in total. The number of thiol groups is 1. The summed E-state index contributed by atoms with van der Waals surface area (Å²) in [5, 5.41) is 5.70. The fraction of sp³-hybridized carbons (Fsp3) is 0.633. The number of hydrogen-bond donors (Lipinski definition) is 3. The first-order valence-electron chi connectivity index (χ1n) is 14.0. The van der Waals surface area contributed by atoms with Gasteiger partial charge < -0.3 is 20.3 Å². The van der Waals surface area contributed by atoms with Crippen molar-refractivity contribution in [1.29, 1.82) is 0 Å². The van der Waals surface area contributed by atoms with Gasteiger partial charge in [-0.25, -0.2) is 4.79 Å². The van der Waals surface area contributed by atoms with E-state index in [1.54, 1.807) is 31.7 Å². The Balaban J connectivity index is 3.36. The van der Waals surface area contributed by atoms with E-state index >= 15 is 0 Å². The van der Waals surface area contributed by atoms with Crippen molar-refractivity contribution in [2.45, 2.75) is 104 Å². The predicted molar refractivity (Wildman–Crippen MR) is 159 cm³/mol. The summed E-state index contributed by atoms with van der Waals surface area (Å²) in [6.07, 6.45) is 8.94. The third kappa shape index (κ3) is 12.4. The SMILES string of the molecule is C=Cc1cccc(C(C(=O)NCCCCC)N(CCCCCCC)C(=O)C(CS)NC(=O)OC(C)(C)C)c1. The highest BCUT2D eigenvalue weighted by Crippen LogP contribution is 2.25. The number of ether oxygens (including phenoxy) is 1. The fourth-order valence-corrected chi connectivity index (χ4v) is 4.35. The molecule has 0 saturated carbocycles. The second-order valence-corrected chi connectivity index (χ2v) is 11.0. The zero-order valence-corrected chi connectivity index (χ0v) is 24.9. The van der Waals surface area contributed by atoms with Crippen molar-refractivity contribution in [2.24, 2.45) is 0 Å². The molecule has 0 radical (unpaired) electrons. The van der Waals surface area contributed by atoms with Crippen molar-refractivity contribution in [3.05, 3.63) is 42.0 Å². The van der Waals surface area contributed by atoms with Crippen LogP contribution in [0.5, 0.6) is 0 Å². The van der Waals surface area contributed by atoms with Crippen molar-refractivity contribution >= 4 is 36.6 Å². The number of nitrogens with zero attached hydrogens (tertiary/aromatic N) is 1. The number of alkyl carbamates (subject to hydrolysis) is 1. The van der Waals surface area contributed by atoms with Gasteiger partial charge in [0.15, 0.2) is 0 Å². The molecule has 0 bridgehead atoms. The van der Waals surface area contributed by atoms with Gasteiger partial charge in [-0.05, 0) is 50.8 Å². The molecule has 3 amide bonds. The van der Waals surface area contributed by atoms with Crippen LogP contribution in [-0.4, -0.2) is 53.3 Å². The van der Waals surface area contributed by atoms with Crippen LogP contribution in [0.1, 0.15) is 103 Å². The lowest BCUT2D eigenvalue weighted by molar-refractivity contribution is -0.142. The van der Waals surface area contributed by atoms with Gasteiger partial charge in [0.2, 0.25) is 11.8 Å². The van der Waals surface area contributed by atoms with Gasteiger partial charge in [-0.3, -0.25) is 9.59 Å². The number of hydrogen-bond acceptors (Lipinski definition) is 5. The number of rotatable bonds is 17. The molecule has 0 aliphatic carbocycles. The van der Waals surface area contributed by atoms with Gasteiger partial charge in [-0.15, -0.1) is 0 Å². The Labute approximate surface area is 235 Å². The van der Waals surface area contributed by atoms with Gasteiger partial charge in [-0.1, -0.05) is 83.2 Å². The summed E-state index contributed by atoms with van der Waals surface area (Å²) < 4.78 is 5.38. The largest absolute Gasteiger partial charge is 0.444 e. The normalized spacial score (nSPS) is 12.8. The van der Waals surface area contributed by atoms with E-state index in [9.17, 15) is 14.4 Å². The number of amides is 3. The quantitative estimate of drug-likeness (QED) is 0.158. The van der Waals surface area contributed by atoms with Crippen LogP contribution in [0.2, 0.25) is 0 Å². The Morgan fingerprint density at radius 3 is 2.32 bits per heavy atom. The Hall–Kier alpha value is -2.48. The Morgan fingerprint density at radius 1 is 1.05 bits per heavy atom. The van der Waals surface area contributed by atoms with Gasteiger partial charge in [-0.2, -0.15) is 12.6 Å². The van der Waals surface area contributed by atoms with Gasteiger partial charge in [0.25, 0.3) is 0 Å². The van der Waals surface area contributed by atoms with Crippen molar-refractivity contribution in [1.82, 2.24) is 15.5 Å². The molecule has 2 unspecified atom stereocenters. The number of carbonyl (C=O) groups excluding carboxylic acids is 3. The van der Waals surface area contributed by atoms with Gasteiger partial charge in [0.1, 0.15) is 17.7 Å². The molecule has 0 aromatic heterocycles. The van der Waals surface area contributed by atoms with Crippen molar-refractivity contribution in [2.75, 3.05) is 18.8 Å². The molecule has 0 heterocycles. The molecule has 0 spiro atoms. The Bertz CT molecular complexity index is 884. The molecule has 0 aliphatic heterocycles. The molecule has 1 rings (SSSR count). The summed E-state index contributed by atoms with van der Waals surface area (Å²) in [5.74, 6) is -0.527. The second-order valence-electron chi connectivity index (χ2n) is 10.6. The van der Waals surface area contributed by atoms with Gasteiger partial charge in [0, 0.05) is 18.8 Å². The average molecular weight is 548 g/mol. The molecule has 38 heavy (non-hydrogen) atoms. The maximum atomic E-state index is 14.0. The first-order valence-corrected chi connectivity index (χ1v) is 14.6. The molecule has 1 aromatic rings. The predicted octanol–water partition coefficient (Wildman–Crippen LogP) is 6.30. The first-order chi connectivity index (χ1) is 18.1. The van der Waals surface area contributed by atoms with Crippen LogP contribution in [0, 0.1) is 0 Å². The zero-order chi connectivity index (χ0) is 28.6. The van der Waals surface area contributed by atoms with Gasteiger partial charge in [0.05, 0.1) is 0 Å². The van der Waals surface area contributed by atoms with Crippen LogP contribution in [0.4, 0.5) is 4.79 Å². The van der Waals surface area contributed by atoms with E-state index in [1.807, 2.05) is 24.3 Å². The van der Waals surface area contributed by atoms with Crippen LogP contribution < -0.4 is 10.6 Å². The molecule has 0 aliphatic rings. The second kappa shape index (κ2) is 17.9.